The maximum absolute atomic E-state index is 13.8. The molecule has 0 aliphatic carbocycles. The van der Waals surface area contributed by atoms with E-state index in [-0.39, 0.29) is 11.1 Å². The molecule has 0 amide bonds. The van der Waals surface area contributed by atoms with Gasteiger partial charge >= 0.3 is 6.01 Å². The summed E-state index contributed by atoms with van der Waals surface area (Å²) in [5, 5.41) is 0. The number of fused-ring (bicyclic) bond motifs is 1. The molecular formula is C25H19BrN4O2. The molecule has 5 rings (SSSR count). The molecule has 0 aliphatic rings. The lowest BCUT2D eigenvalue weighted by Gasteiger charge is -2.14. The fraction of sp³-hybridized carbons (Fsp3) is 0.0800. The number of para-hydroxylation sites is 1. The molecule has 0 unspecified atom stereocenters. The van der Waals surface area contributed by atoms with Crippen LogP contribution in [0.15, 0.2) is 88.1 Å². The average molecular weight is 487 g/mol. The summed E-state index contributed by atoms with van der Waals surface area (Å²) < 4.78 is 9.81. The summed E-state index contributed by atoms with van der Waals surface area (Å²) in [6.45, 7) is 2.03. The van der Waals surface area contributed by atoms with Crippen molar-refractivity contribution in [2.45, 2.75) is 6.92 Å². The molecule has 0 saturated heterocycles. The maximum atomic E-state index is 13.8. The number of nitrogens with zero attached hydrogens (tertiary/aromatic N) is 4. The van der Waals surface area contributed by atoms with Crippen LogP contribution in [0.5, 0.6) is 6.01 Å². The minimum absolute atomic E-state index is 0.240. The third-order valence-corrected chi connectivity index (χ3v) is 5.77. The van der Waals surface area contributed by atoms with Crippen LogP contribution in [0.2, 0.25) is 0 Å². The highest BCUT2D eigenvalue weighted by Crippen LogP contribution is 2.28. The number of aryl methyl sites for hydroxylation is 1. The third kappa shape index (κ3) is 3.40. The summed E-state index contributed by atoms with van der Waals surface area (Å²) in [5.41, 5.74) is 3.90. The molecule has 158 valence electrons. The smallest absolute Gasteiger partial charge is 0.303 e. The van der Waals surface area contributed by atoms with Gasteiger partial charge in [0.15, 0.2) is 11.2 Å². The maximum Gasteiger partial charge on any atom is 0.303 e. The zero-order valence-corrected chi connectivity index (χ0v) is 19.1. The monoisotopic (exact) mass is 486 g/mol. The molecule has 2 heterocycles. The quantitative estimate of drug-likeness (QED) is 0.345. The van der Waals surface area contributed by atoms with Crippen LogP contribution >= 0.6 is 15.9 Å². The summed E-state index contributed by atoms with van der Waals surface area (Å²) in [6.07, 6.45) is 0. The second-order valence-corrected chi connectivity index (χ2v) is 8.28. The van der Waals surface area contributed by atoms with Crippen LogP contribution in [0.3, 0.4) is 0 Å². The first-order valence-electron chi connectivity index (χ1n) is 10.0. The van der Waals surface area contributed by atoms with Crippen molar-refractivity contribution < 1.29 is 4.74 Å². The molecule has 0 N–H and O–H groups in total. The van der Waals surface area contributed by atoms with Crippen LogP contribution in [0.4, 0.5) is 0 Å². The first kappa shape index (κ1) is 20.2. The largest absolute Gasteiger partial charge is 0.468 e. The van der Waals surface area contributed by atoms with Crippen LogP contribution in [0, 0.1) is 6.92 Å². The number of hydrogen-bond donors (Lipinski definition) is 0. The first-order chi connectivity index (χ1) is 15.6. The van der Waals surface area contributed by atoms with Crippen LogP contribution in [0.25, 0.3) is 33.9 Å². The second-order valence-electron chi connectivity index (χ2n) is 7.36. The molecule has 0 fully saturated rings. The van der Waals surface area contributed by atoms with E-state index in [1.165, 1.54) is 7.11 Å². The summed E-state index contributed by atoms with van der Waals surface area (Å²) >= 11 is 3.46. The molecule has 5 aromatic rings. The highest BCUT2D eigenvalue weighted by molar-refractivity contribution is 9.10. The highest BCUT2D eigenvalue weighted by Gasteiger charge is 2.22. The van der Waals surface area contributed by atoms with Gasteiger partial charge in [-0.3, -0.25) is 9.36 Å². The van der Waals surface area contributed by atoms with Crippen molar-refractivity contribution in [3.63, 3.8) is 0 Å². The van der Waals surface area contributed by atoms with Crippen LogP contribution in [-0.2, 0) is 0 Å². The molecule has 0 spiro atoms. The van der Waals surface area contributed by atoms with E-state index in [1.807, 2.05) is 85.8 Å². The van der Waals surface area contributed by atoms with Gasteiger partial charge in [-0.1, -0.05) is 64.0 Å². The van der Waals surface area contributed by atoms with Crippen molar-refractivity contribution in [2.75, 3.05) is 7.11 Å². The number of hydrogen-bond acceptors (Lipinski definition) is 4. The number of ether oxygens (including phenoxy) is 1. The van der Waals surface area contributed by atoms with E-state index >= 15 is 0 Å². The summed E-state index contributed by atoms with van der Waals surface area (Å²) in [4.78, 5) is 23.2. The van der Waals surface area contributed by atoms with E-state index < -0.39 is 0 Å². The van der Waals surface area contributed by atoms with E-state index in [9.17, 15) is 4.79 Å². The fourth-order valence-corrected chi connectivity index (χ4v) is 3.93. The van der Waals surface area contributed by atoms with Gasteiger partial charge in [0.05, 0.1) is 18.5 Å². The van der Waals surface area contributed by atoms with Crippen molar-refractivity contribution in [3.8, 4) is 28.8 Å². The van der Waals surface area contributed by atoms with Crippen molar-refractivity contribution >= 4 is 27.1 Å². The Bertz CT molecular complexity index is 1470. The molecule has 0 aliphatic heterocycles. The Labute approximate surface area is 192 Å². The predicted octanol–water partition coefficient (Wildman–Crippen LogP) is 5.32. The van der Waals surface area contributed by atoms with Crippen LogP contribution < -0.4 is 10.3 Å². The lowest BCUT2D eigenvalue weighted by molar-refractivity contribution is 0.375. The lowest BCUT2D eigenvalue weighted by Crippen LogP contribution is -2.22. The molecular weight excluding hydrogens is 468 g/mol. The van der Waals surface area contributed by atoms with Crippen LogP contribution in [-0.4, -0.2) is 26.2 Å². The summed E-state index contributed by atoms with van der Waals surface area (Å²) in [5.74, 6) is 0.532. The Kier molecular flexibility index (Phi) is 5.11. The third-order valence-electron chi connectivity index (χ3n) is 5.24. The molecule has 6 nitrogen and oxygen atoms in total. The van der Waals surface area contributed by atoms with E-state index in [4.69, 9.17) is 9.72 Å². The molecule has 0 atom stereocenters. The molecule has 0 radical (unpaired) electrons. The number of aromatic nitrogens is 4. The Morgan fingerprint density at radius 2 is 1.47 bits per heavy atom. The van der Waals surface area contributed by atoms with Gasteiger partial charge in [0, 0.05) is 10.0 Å². The molecule has 32 heavy (non-hydrogen) atoms. The molecule has 3 aromatic carbocycles. The zero-order chi connectivity index (χ0) is 22.2. The minimum Gasteiger partial charge on any atom is -0.468 e. The van der Waals surface area contributed by atoms with Gasteiger partial charge < -0.3 is 4.74 Å². The average Bonchev–Trinajstić information content (AvgIpc) is 3.20. The predicted molar refractivity (Wildman–Crippen MR) is 129 cm³/mol. The number of imidazole rings is 1. The van der Waals surface area contributed by atoms with E-state index in [1.54, 1.807) is 9.13 Å². The molecule has 0 bridgehead atoms. The first-order valence-corrected chi connectivity index (χ1v) is 10.8. The Morgan fingerprint density at radius 1 is 0.812 bits per heavy atom. The van der Waals surface area contributed by atoms with Gasteiger partial charge in [-0.2, -0.15) is 4.98 Å². The molecule has 0 saturated carbocycles. The lowest BCUT2D eigenvalue weighted by atomic mass is 10.1. The minimum atomic E-state index is -0.263. The number of rotatable bonds is 4. The summed E-state index contributed by atoms with van der Waals surface area (Å²) in [7, 11) is 1.54. The second kappa shape index (κ2) is 8.09. The Balaban J connectivity index is 1.89. The van der Waals surface area contributed by atoms with Crippen molar-refractivity contribution in [1.29, 1.82) is 0 Å². The summed E-state index contributed by atoms with van der Waals surface area (Å²) in [6, 6.07) is 25.4. The van der Waals surface area contributed by atoms with Gasteiger partial charge in [0.2, 0.25) is 0 Å². The molecule has 2 aromatic heterocycles. The standard InChI is InChI=1S/C25H19BrN4O2/c1-16-8-10-17(11-9-16)22-28-23-21(24(31)29(22)20-14-12-18(26)13-15-20)27-25(32-2)30(23)19-6-4-3-5-7-19/h3-15H,1-2H3. The van der Waals surface area contributed by atoms with Crippen molar-refractivity contribution in [2.24, 2.45) is 0 Å². The van der Waals surface area contributed by atoms with Gasteiger partial charge in [-0.05, 0) is 43.3 Å². The number of benzene rings is 3. The van der Waals surface area contributed by atoms with Crippen LogP contribution in [0.1, 0.15) is 5.56 Å². The number of methoxy groups -OCH3 is 1. The number of halogens is 1. The van der Waals surface area contributed by atoms with Crippen molar-refractivity contribution in [1.82, 2.24) is 19.1 Å². The van der Waals surface area contributed by atoms with Gasteiger partial charge in [-0.25, -0.2) is 9.55 Å². The van der Waals surface area contributed by atoms with Gasteiger partial charge in [-0.15, -0.1) is 0 Å². The topological polar surface area (TPSA) is 61.9 Å². The van der Waals surface area contributed by atoms with E-state index in [0.29, 0.717) is 23.2 Å². The van der Waals surface area contributed by atoms with Gasteiger partial charge in [0.1, 0.15) is 5.82 Å². The SMILES string of the molecule is COc1nc2c(=O)n(-c3ccc(Br)cc3)c(-c3ccc(C)cc3)nc2n1-c1ccccc1. The molecule has 7 heteroatoms. The normalized spacial score (nSPS) is 11.1. The van der Waals surface area contributed by atoms with E-state index in [2.05, 4.69) is 20.9 Å². The highest BCUT2D eigenvalue weighted by atomic mass is 79.9. The van der Waals surface area contributed by atoms with E-state index in [0.717, 1.165) is 21.3 Å². The Hall–Kier alpha value is -3.71. The fourth-order valence-electron chi connectivity index (χ4n) is 3.66. The van der Waals surface area contributed by atoms with Gasteiger partial charge in [0.25, 0.3) is 5.56 Å². The Morgan fingerprint density at radius 3 is 2.12 bits per heavy atom. The van der Waals surface area contributed by atoms with Crippen molar-refractivity contribution in [3.05, 3.63) is 99.3 Å². The zero-order valence-electron chi connectivity index (χ0n) is 17.5.